The van der Waals surface area contributed by atoms with Crippen molar-refractivity contribution in [3.8, 4) is 0 Å². The molecule has 4 N–H and O–H groups in total. The lowest BCUT2D eigenvalue weighted by molar-refractivity contribution is 0.183. The molecule has 0 saturated carbocycles. The first kappa shape index (κ1) is 16.4. The molecule has 0 saturated heterocycles. The van der Waals surface area contributed by atoms with Crippen LogP contribution in [0.4, 0.5) is 4.39 Å². The van der Waals surface area contributed by atoms with Crippen molar-refractivity contribution in [2.75, 3.05) is 13.2 Å². The summed E-state index contributed by atoms with van der Waals surface area (Å²) in [6.07, 6.45) is 0.639. The van der Waals surface area contributed by atoms with Crippen LogP contribution in [-0.2, 0) is 6.54 Å². The molecule has 5 nitrogen and oxygen atoms in total. The van der Waals surface area contributed by atoms with Gasteiger partial charge in [0.15, 0.2) is 5.84 Å². The van der Waals surface area contributed by atoms with E-state index in [0.29, 0.717) is 25.1 Å². The van der Waals surface area contributed by atoms with Gasteiger partial charge in [-0.2, -0.15) is 0 Å². The number of amidine groups is 1. The molecule has 0 atom stereocenters. The summed E-state index contributed by atoms with van der Waals surface area (Å²) < 4.78 is 14.3. The van der Waals surface area contributed by atoms with Crippen molar-refractivity contribution >= 4 is 5.84 Å². The van der Waals surface area contributed by atoms with Gasteiger partial charge >= 0.3 is 0 Å². The van der Waals surface area contributed by atoms with Gasteiger partial charge in [-0.05, 0) is 26.3 Å². The highest BCUT2D eigenvalue weighted by Crippen LogP contribution is 2.16. The molecular formula is C14H22FN3O2. The lowest BCUT2D eigenvalue weighted by atomic mass is 10.1. The van der Waals surface area contributed by atoms with Gasteiger partial charge in [-0.3, -0.25) is 4.90 Å². The molecule has 0 unspecified atom stereocenters. The van der Waals surface area contributed by atoms with Crippen LogP contribution < -0.4 is 5.73 Å². The predicted molar refractivity (Wildman–Crippen MR) is 76.2 cm³/mol. The Kier molecular flexibility index (Phi) is 6.41. The summed E-state index contributed by atoms with van der Waals surface area (Å²) in [5, 5.41) is 20.4. The van der Waals surface area contributed by atoms with Crippen LogP contribution in [0.25, 0.3) is 0 Å². The zero-order valence-electron chi connectivity index (χ0n) is 11.9. The molecule has 1 aromatic rings. The third kappa shape index (κ3) is 4.18. The predicted octanol–water partition coefficient (Wildman–Crippen LogP) is 1.51. The monoisotopic (exact) mass is 283 g/mol. The van der Waals surface area contributed by atoms with Gasteiger partial charge in [0, 0.05) is 31.3 Å². The average molecular weight is 283 g/mol. The van der Waals surface area contributed by atoms with Crippen LogP contribution in [0.3, 0.4) is 0 Å². The molecule has 6 heteroatoms. The average Bonchev–Trinajstić information content (AvgIpc) is 2.43. The third-order valence-corrected chi connectivity index (χ3v) is 3.17. The van der Waals surface area contributed by atoms with Crippen LogP contribution >= 0.6 is 0 Å². The summed E-state index contributed by atoms with van der Waals surface area (Å²) in [4.78, 5) is 2.06. The molecule has 0 heterocycles. The molecule has 0 amide bonds. The van der Waals surface area contributed by atoms with E-state index in [0.717, 1.165) is 0 Å². The van der Waals surface area contributed by atoms with Crippen LogP contribution in [0, 0.1) is 5.82 Å². The Morgan fingerprint density at radius 1 is 1.45 bits per heavy atom. The van der Waals surface area contributed by atoms with Gasteiger partial charge in [-0.15, -0.1) is 0 Å². The van der Waals surface area contributed by atoms with Crippen molar-refractivity contribution in [1.82, 2.24) is 4.90 Å². The number of oxime groups is 1. The van der Waals surface area contributed by atoms with E-state index in [9.17, 15) is 4.39 Å². The minimum atomic E-state index is -0.475. The molecule has 112 valence electrons. The zero-order valence-corrected chi connectivity index (χ0v) is 11.9. The highest BCUT2D eigenvalue weighted by molar-refractivity contribution is 5.97. The van der Waals surface area contributed by atoms with E-state index >= 15 is 0 Å². The Balaban J connectivity index is 2.96. The van der Waals surface area contributed by atoms with Gasteiger partial charge in [0.05, 0.1) is 5.56 Å². The highest BCUT2D eigenvalue weighted by Gasteiger charge is 2.16. The number of aliphatic hydroxyl groups excluding tert-OH is 1. The fourth-order valence-electron chi connectivity index (χ4n) is 1.97. The van der Waals surface area contributed by atoms with E-state index in [1.165, 1.54) is 6.07 Å². The van der Waals surface area contributed by atoms with Crippen LogP contribution in [-0.4, -0.2) is 40.2 Å². The summed E-state index contributed by atoms with van der Waals surface area (Å²) in [6, 6.07) is 5.06. The summed E-state index contributed by atoms with van der Waals surface area (Å²) in [7, 11) is 0. The van der Waals surface area contributed by atoms with Gasteiger partial charge in [0.25, 0.3) is 0 Å². The lowest BCUT2D eigenvalue weighted by Gasteiger charge is -2.26. The standard InChI is InChI=1S/C14H22FN3O2/c1-10(2)18(7-4-8-19)9-11-5-3-6-12(13(11)15)14(16)17-20/h3,5-6,10,19-20H,4,7-9H2,1-2H3,(H2,16,17). The Labute approximate surface area is 118 Å². The fourth-order valence-corrected chi connectivity index (χ4v) is 1.97. The van der Waals surface area contributed by atoms with Crippen LogP contribution in [0.15, 0.2) is 23.4 Å². The van der Waals surface area contributed by atoms with E-state index in [2.05, 4.69) is 10.1 Å². The molecule has 0 aliphatic carbocycles. The van der Waals surface area contributed by atoms with Crippen LogP contribution in [0.5, 0.6) is 0 Å². The highest BCUT2D eigenvalue weighted by atomic mass is 19.1. The van der Waals surface area contributed by atoms with E-state index in [1.54, 1.807) is 12.1 Å². The van der Waals surface area contributed by atoms with Crippen LogP contribution in [0.1, 0.15) is 31.4 Å². The van der Waals surface area contributed by atoms with Gasteiger partial charge < -0.3 is 16.0 Å². The topological polar surface area (TPSA) is 82.1 Å². The van der Waals surface area contributed by atoms with Gasteiger partial charge in [0.1, 0.15) is 5.82 Å². The second kappa shape index (κ2) is 7.81. The van der Waals surface area contributed by atoms with Crippen molar-refractivity contribution in [1.29, 1.82) is 0 Å². The lowest BCUT2D eigenvalue weighted by Crippen LogP contribution is -2.32. The van der Waals surface area contributed by atoms with Crippen LogP contribution in [0.2, 0.25) is 0 Å². The summed E-state index contributed by atoms with van der Waals surface area (Å²) in [5.41, 5.74) is 6.03. The van der Waals surface area contributed by atoms with E-state index in [1.807, 2.05) is 13.8 Å². The maximum absolute atomic E-state index is 14.3. The number of aliphatic hydroxyl groups is 1. The quantitative estimate of drug-likeness (QED) is 0.307. The largest absolute Gasteiger partial charge is 0.409 e. The third-order valence-electron chi connectivity index (χ3n) is 3.17. The Morgan fingerprint density at radius 2 is 2.15 bits per heavy atom. The van der Waals surface area contributed by atoms with Crippen molar-refractivity contribution in [2.45, 2.75) is 32.9 Å². The zero-order chi connectivity index (χ0) is 15.1. The second-order valence-electron chi connectivity index (χ2n) is 4.91. The van der Waals surface area contributed by atoms with Gasteiger partial charge in [-0.1, -0.05) is 17.3 Å². The van der Waals surface area contributed by atoms with Crippen molar-refractivity contribution in [2.24, 2.45) is 10.9 Å². The van der Waals surface area contributed by atoms with Crippen molar-refractivity contribution < 1.29 is 14.7 Å². The number of rotatable bonds is 7. The first-order chi connectivity index (χ1) is 9.51. The van der Waals surface area contributed by atoms with E-state index in [-0.39, 0.29) is 24.0 Å². The summed E-state index contributed by atoms with van der Waals surface area (Å²) in [5.74, 6) is -0.715. The fraction of sp³-hybridized carbons (Fsp3) is 0.500. The molecule has 1 aromatic carbocycles. The summed E-state index contributed by atoms with van der Waals surface area (Å²) >= 11 is 0. The minimum absolute atomic E-state index is 0.0934. The summed E-state index contributed by atoms with van der Waals surface area (Å²) in [6.45, 7) is 5.23. The maximum atomic E-state index is 14.3. The van der Waals surface area contributed by atoms with Gasteiger partial charge in [-0.25, -0.2) is 4.39 Å². The smallest absolute Gasteiger partial charge is 0.173 e. The molecule has 0 bridgehead atoms. The number of halogens is 1. The number of hydrogen-bond acceptors (Lipinski definition) is 4. The molecule has 0 aromatic heterocycles. The molecule has 1 rings (SSSR count). The van der Waals surface area contributed by atoms with Crippen molar-refractivity contribution in [3.63, 3.8) is 0 Å². The Hall–Kier alpha value is -1.66. The molecule has 0 radical (unpaired) electrons. The van der Waals surface area contributed by atoms with E-state index in [4.69, 9.17) is 16.0 Å². The van der Waals surface area contributed by atoms with Gasteiger partial charge in [0.2, 0.25) is 0 Å². The first-order valence-corrected chi connectivity index (χ1v) is 6.61. The SMILES string of the molecule is CC(C)N(CCCO)Cc1cccc(/C(N)=N/O)c1F. The molecule has 0 aliphatic heterocycles. The molecule has 0 fully saturated rings. The Bertz CT molecular complexity index is 464. The van der Waals surface area contributed by atoms with E-state index < -0.39 is 5.82 Å². The molecule has 0 aliphatic rings. The normalized spacial score (nSPS) is 12.4. The first-order valence-electron chi connectivity index (χ1n) is 6.61. The number of nitrogens with two attached hydrogens (primary N) is 1. The Morgan fingerprint density at radius 3 is 2.70 bits per heavy atom. The van der Waals surface area contributed by atoms with Crippen molar-refractivity contribution in [3.05, 3.63) is 35.1 Å². The molecule has 0 spiro atoms. The maximum Gasteiger partial charge on any atom is 0.173 e. The second-order valence-corrected chi connectivity index (χ2v) is 4.91. The number of hydrogen-bond donors (Lipinski definition) is 3. The number of benzene rings is 1. The number of nitrogens with zero attached hydrogens (tertiary/aromatic N) is 2. The molecular weight excluding hydrogens is 261 g/mol. The molecule has 20 heavy (non-hydrogen) atoms. The minimum Gasteiger partial charge on any atom is -0.409 e.